The Labute approximate surface area is 208 Å². The maximum absolute atomic E-state index is 10.6. The third-order valence-electron chi connectivity index (χ3n) is 6.60. The molecule has 3 aromatic rings. The molecule has 7 heteroatoms. The first-order valence-electron chi connectivity index (χ1n) is 12.6. The SMILES string of the molecule is COc1cccc(CCc2ccccc2OCC(O)CN2CCC(c3nc(C(C)C)no3)CC2)c1. The maximum atomic E-state index is 10.6. The number of aliphatic hydroxyl groups excluding tert-OH is 1. The fraction of sp³-hybridized carbons (Fsp3) is 0.500. The Bertz CT molecular complexity index is 1060. The van der Waals surface area contributed by atoms with Gasteiger partial charge in [0.15, 0.2) is 5.82 Å². The highest BCUT2D eigenvalue weighted by Crippen LogP contribution is 2.28. The van der Waals surface area contributed by atoms with Gasteiger partial charge in [-0.15, -0.1) is 0 Å². The third-order valence-corrected chi connectivity index (χ3v) is 6.60. The van der Waals surface area contributed by atoms with Gasteiger partial charge in [0.1, 0.15) is 24.2 Å². The molecule has 188 valence electrons. The summed E-state index contributed by atoms with van der Waals surface area (Å²) in [7, 11) is 1.69. The lowest BCUT2D eigenvalue weighted by Crippen LogP contribution is -2.40. The Morgan fingerprint density at radius 1 is 1.09 bits per heavy atom. The van der Waals surface area contributed by atoms with Gasteiger partial charge >= 0.3 is 0 Å². The molecule has 1 unspecified atom stereocenters. The van der Waals surface area contributed by atoms with Crippen molar-refractivity contribution in [3.05, 3.63) is 71.4 Å². The second-order valence-corrected chi connectivity index (χ2v) is 9.64. The van der Waals surface area contributed by atoms with Crippen molar-refractivity contribution in [2.24, 2.45) is 0 Å². The quantitative estimate of drug-likeness (QED) is 0.430. The van der Waals surface area contributed by atoms with E-state index in [1.165, 1.54) is 5.56 Å². The molecule has 4 rings (SSSR count). The summed E-state index contributed by atoms with van der Waals surface area (Å²) in [5.41, 5.74) is 2.37. The molecule has 0 bridgehead atoms. The second-order valence-electron chi connectivity index (χ2n) is 9.64. The molecule has 1 atom stereocenters. The number of benzene rings is 2. The van der Waals surface area contributed by atoms with Crippen LogP contribution in [0.3, 0.4) is 0 Å². The van der Waals surface area contributed by atoms with Crippen molar-refractivity contribution < 1.29 is 19.1 Å². The van der Waals surface area contributed by atoms with E-state index in [9.17, 15) is 5.11 Å². The van der Waals surface area contributed by atoms with Gasteiger partial charge in [-0.25, -0.2) is 0 Å². The molecule has 1 aliphatic rings. The lowest BCUT2D eigenvalue weighted by molar-refractivity contribution is 0.0576. The smallest absolute Gasteiger partial charge is 0.229 e. The number of nitrogens with zero attached hydrogens (tertiary/aromatic N) is 3. The van der Waals surface area contributed by atoms with Crippen LogP contribution in [0.2, 0.25) is 0 Å². The predicted octanol–water partition coefficient (Wildman–Crippen LogP) is 4.61. The van der Waals surface area contributed by atoms with Crippen molar-refractivity contribution in [2.75, 3.05) is 33.4 Å². The van der Waals surface area contributed by atoms with Crippen LogP contribution in [0.4, 0.5) is 0 Å². The number of hydrogen-bond acceptors (Lipinski definition) is 7. The summed E-state index contributed by atoms with van der Waals surface area (Å²) in [4.78, 5) is 6.85. The van der Waals surface area contributed by atoms with Crippen molar-refractivity contribution in [3.63, 3.8) is 0 Å². The molecule has 2 aromatic carbocycles. The van der Waals surface area contributed by atoms with E-state index in [0.717, 1.165) is 67.6 Å². The van der Waals surface area contributed by atoms with E-state index >= 15 is 0 Å². The molecule has 0 saturated carbocycles. The Morgan fingerprint density at radius 2 is 1.89 bits per heavy atom. The van der Waals surface area contributed by atoms with Crippen LogP contribution in [-0.2, 0) is 12.8 Å². The Balaban J connectivity index is 1.23. The van der Waals surface area contributed by atoms with Crippen LogP contribution in [0.5, 0.6) is 11.5 Å². The molecular weight excluding hydrogens is 442 g/mol. The van der Waals surface area contributed by atoms with Crippen LogP contribution < -0.4 is 9.47 Å². The van der Waals surface area contributed by atoms with E-state index in [4.69, 9.17) is 14.0 Å². The van der Waals surface area contributed by atoms with Gasteiger partial charge < -0.3 is 24.0 Å². The zero-order valence-corrected chi connectivity index (χ0v) is 21.0. The molecular formula is C28H37N3O4. The minimum atomic E-state index is -0.547. The first-order valence-corrected chi connectivity index (χ1v) is 12.6. The summed E-state index contributed by atoms with van der Waals surface area (Å²) < 4.78 is 16.9. The standard InChI is InChI=1S/C28H37N3O4/c1-20(2)27-29-28(35-30-27)23-13-15-31(16-14-23)18-24(32)19-34-26-10-5-4-8-22(26)12-11-21-7-6-9-25(17-21)33-3/h4-10,17,20,23-24,32H,11-16,18-19H2,1-3H3. The van der Waals surface area contributed by atoms with Crippen LogP contribution >= 0.6 is 0 Å². The van der Waals surface area contributed by atoms with Gasteiger partial charge in [-0.1, -0.05) is 49.3 Å². The van der Waals surface area contributed by atoms with E-state index in [0.29, 0.717) is 12.5 Å². The molecule has 1 aromatic heterocycles. The number of aliphatic hydroxyl groups is 1. The highest BCUT2D eigenvalue weighted by Gasteiger charge is 2.26. The van der Waals surface area contributed by atoms with Crippen LogP contribution in [0.25, 0.3) is 0 Å². The van der Waals surface area contributed by atoms with Crippen molar-refractivity contribution in [2.45, 2.75) is 57.5 Å². The topological polar surface area (TPSA) is 80.9 Å². The zero-order chi connectivity index (χ0) is 24.6. The minimum absolute atomic E-state index is 0.273. The number of hydrogen-bond donors (Lipinski definition) is 1. The van der Waals surface area contributed by atoms with Crippen molar-refractivity contribution >= 4 is 0 Å². The number of methoxy groups -OCH3 is 1. The molecule has 0 aliphatic carbocycles. The highest BCUT2D eigenvalue weighted by atomic mass is 16.5. The summed E-state index contributed by atoms with van der Waals surface area (Å²) in [5, 5.41) is 14.7. The largest absolute Gasteiger partial charge is 0.497 e. The van der Waals surface area contributed by atoms with Crippen LogP contribution in [-0.4, -0.2) is 59.6 Å². The Morgan fingerprint density at radius 3 is 2.63 bits per heavy atom. The number of piperidine rings is 1. The fourth-order valence-corrected chi connectivity index (χ4v) is 4.50. The molecule has 0 spiro atoms. The van der Waals surface area contributed by atoms with Crippen molar-refractivity contribution in [1.29, 1.82) is 0 Å². The molecule has 35 heavy (non-hydrogen) atoms. The van der Waals surface area contributed by atoms with E-state index in [2.05, 4.69) is 47.1 Å². The third kappa shape index (κ3) is 7.05. The van der Waals surface area contributed by atoms with Gasteiger partial charge in [0, 0.05) is 18.4 Å². The summed E-state index contributed by atoms with van der Waals surface area (Å²) in [6.07, 6.45) is 3.13. The molecule has 1 fully saturated rings. The predicted molar refractivity (Wildman–Crippen MR) is 135 cm³/mol. The lowest BCUT2D eigenvalue weighted by Gasteiger charge is -2.31. The average molecular weight is 480 g/mol. The minimum Gasteiger partial charge on any atom is -0.497 e. The molecule has 1 N–H and O–H groups in total. The summed E-state index contributed by atoms with van der Waals surface area (Å²) >= 11 is 0. The zero-order valence-electron chi connectivity index (χ0n) is 21.0. The molecule has 0 amide bonds. The molecule has 2 heterocycles. The summed E-state index contributed by atoms with van der Waals surface area (Å²) in [6.45, 7) is 6.81. The normalized spacial score (nSPS) is 15.9. The number of ether oxygens (including phenoxy) is 2. The van der Waals surface area contributed by atoms with Crippen molar-refractivity contribution in [1.82, 2.24) is 15.0 Å². The van der Waals surface area contributed by atoms with Crippen molar-refractivity contribution in [3.8, 4) is 11.5 Å². The molecule has 1 saturated heterocycles. The Hall–Kier alpha value is -2.90. The lowest BCUT2D eigenvalue weighted by atomic mass is 9.96. The number of likely N-dealkylation sites (tertiary alicyclic amines) is 1. The van der Waals surface area contributed by atoms with Gasteiger partial charge in [-0.05, 0) is 68.1 Å². The van der Waals surface area contributed by atoms with E-state index < -0.39 is 6.10 Å². The fourth-order valence-electron chi connectivity index (χ4n) is 4.50. The average Bonchev–Trinajstić information content (AvgIpc) is 3.38. The van der Waals surface area contributed by atoms with Crippen LogP contribution in [0.1, 0.15) is 61.4 Å². The second kappa shape index (κ2) is 12.2. The van der Waals surface area contributed by atoms with Crippen LogP contribution in [0.15, 0.2) is 53.1 Å². The molecule has 1 aliphatic heterocycles. The maximum Gasteiger partial charge on any atom is 0.229 e. The van der Waals surface area contributed by atoms with Gasteiger partial charge in [0.05, 0.1) is 7.11 Å². The number of β-amino-alcohol motifs (C(OH)–C–C–N with tert-alkyl or cyclic N) is 1. The summed E-state index contributed by atoms with van der Waals surface area (Å²) in [5.74, 6) is 3.81. The van der Waals surface area contributed by atoms with Gasteiger partial charge in [0.25, 0.3) is 0 Å². The van der Waals surface area contributed by atoms with E-state index in [-0.39, 0.29) is 12.5 Å². The highest BCUT2D eigenvalue weighted by molar-refractivity contribution is 5.35. The first-order chi connectivity index (χ1) is 17.0. The summed E-state index contributed by atoms with van der Waals surface area (Å²) in [6, 6.07) is 16.2. The van der Waals surface area contributed by atoms with Crippen LogP contribution in [0, 0.1) is 0 Å². The Kier molecular flexibility index (Phi) is 8.77. The molecule has 0 radical (unpaired) electrons. The number of aryl methyl sites for hydroxylation is 2. The number of para-hydroxylation sites is 1. The van der Waals surface area contributed by atoms with E-state index in [1.807, 2.05) is 30.3 Å². The number of rotatable bonds is 11. The van der Waals surface area contributed by atoms with Gasteiger partial charge in [0.2, 0.25) is 5.89 Å². The van der Waals surface area contributed by atoms with E-state index in [1.54, 1.807) is 7.11 Å². The van der Waals surface area contributed by atoms with Gasteiger partial charge in [-0.3, -0.25) is 0 Å². The first kappa shape index (κ1) is 25.2. The van der Waals surface area contributed by atoms with Gasteiger partial charge in [-0.2, -0.15) is 4.98 Å². The monoisotopic (exact) mass is 479 g/mol. The number of aromatic nitrogens is 2. The molecule has 7 nitrogen and oxygen atoms in total.